The lowest BCUT2D eigenvalue weighted by molar-refractivity contribution is 0.225. The first-order valence-electron chi connectivity index (χ1n) is 7.17. The molecule has 0 spiro atoms. The molecule has 1 N–H and O–H groups in total. The van der Waals surface area contributed by atoms with Gasteiger partial charge in [-0.15, -0.1) is 11.8 Å². The number of thioether (sulfide) groups is 1. The molecule has 2 rings (SSSR count). The van der Waals surface area contributed by atoms with Crippen molar-refractivity contribution in [2.24, 2.45) is 7.05 Å². The minimum absolute atomic E-state index is 0.111. The quantitative estimate of drug-likeness (QED) is 0.861. The third kappa shape index (κ3) is 4.53. The zero-order chi connectivity index (χ0) is 16.1. The van der Waals surface area contributed by atoms with E-state index in [0.717, 1.165) is 17.1 Å². The Kier molecular flexibility index (Phi) is 5.49. The molecule has 6 heteroatoms. The van der Waals surface area contributed by atoms with E-state index in [9.17, 15) is 4.79 Å². The van der Waals surface area contributed by atoms with Crippen molar-refractivity contribution in [2.75, 3.05) is 24.7 Å². The third-order valence-electron chi connectivity index (χ3n) is 3.32. The van der Waals surface area contributed by atoms with Crippen LogP contribution in [0.2, 0.25) is 0 Å². The Morgan fingerprint density at radius 2 is 2.00 bits per heavy atom. The van der Waals surface area contributed by atoms with Crippen LogP contribution in [0.25, 0.3) is 0 Å². The number of carbonyl (C=O) groups is 1. The Bertz CT molecular complexity index is 636. The summed E-state index contributed by atoms with van der Waals surface area (Å²) in [6, 6.07) is 8.31. The van der Waals surface area contributed by atoms with Gasteiger partial charge in [0.25, 0.3) is 0 Å². The number of nitrogens with one attached hydrogen (secondary N) is 1. The molecule has 1 heterocycles. The lowest BCUT2D eigenvalue weighted by Crippen LogP contribution is -2.33. The minimum Gasteiger partial charge on any atom is -0.327 e. The Hall–Kier alpha value is -1.95. The van der Waals surface area contributed by atoms with E-state index < -0.39 is 0 Å². The molecule has 2 amide bonds. The summed E-state index contributed by atoms with van der Waals surface area (Å²) in [4.78, 5) is 15.0. The monoisotopic (exact) mass is 318 g/mol. The second-order valence-corrected chi connectivity index (χ2v) is 6.48. The fraction of sp³-hybridized carbons (Fsp3) is 0.375. The molecule has 2 aromatic rings. The lowest BCUT2D eigenvalue weighted by Gasteiger charge is -2.17. The van der Waals surface area contributed by atoms with E-state index in [4.69, 9.17) is 0 Å². The van der Waals surface area contributed by atoms with Crippen LogP contribution < -0.4 is 5.32 Å². The average molecular weight is 318 g/mol. The van der Waals surface area contributed by atoms with Crippen molar-refractivity contribution < 1.29 is 4.79 Å². The molecule has 0 fully saturated rings. The van der Waals surface area contributed by atoms with Gasteiger partial charge in [0.1, 0.15) is 0 Å². The number of rotatable bonds is 5. The number of hydrogen-bond acceptors (Lipinski definition) is 3. The van der Waals surface area contributed by atoms with E-state index in [1.165, 1.54) is 10.5 Å². The molecule has 0 unspecified atom stereocenters. The standard InChI is InChI=1S/C16H22N4OS/c1-12-5-7-14(8-6-12)22-10-9-19(3)16(21)17-15-11-20(4)18-13(15)2/h5-8,11H,9-10H2,1-4H3,(H,17,21). The molecule has 0 saturated carbocycles. The van der Waals surface area contributed by atoms with E-state index >= 15 is 0 Å². The van der Waals surface area contributed by atoms with Crippen LogP contribution in [0.4, 0.5) is 10.5 Å². The number of carbonyl (C=O) groups excluding carboxylic acids is 1. The zero-order valence-electron chi connectivity index (χ0n) is 13.5. The summed E-state index contributed by atoms with van der Waals surface area (Å²) in [7, 11) is 3.64. The smallest absolute Gasteiger partial charge is 0.321 e. The zero-order valence-corrected chi connectivity index (χ0v) is 14.3. The van der Waals surface area contributed by atoms with E-state index in [1.807, 2.05) is 20.2 Å². The van der Waals surface area contributed by atoms with Crippen molar-refractivity contribution in [3.05, 3.63) is 41.7 Å². The topological polar surface area (TPSA) is 50.2 Å². The minimum atomic E-state index is -0.111. The molecular weight excluding hydrogens is 296 g/mol. The van der Waals surface area contributed by atoms with Crippen molar-refractivity contribution in [1.82, 2.24) is 14.7 Å². The first-order valence-corrected chi connectivity index (χ1v) is 8.16. The van der Waals surface area contributed by atoms with Gasteiger partial charge < -0.3 is 10.2 Å². The maximum Gasteiger partial charge on any atom is 0.321 e. The average Bonchev–Trinajstić information content (AvgIpc) is 2.78. The number of nitrogens with zero attached hydrogens (tertiary/aromatic N) is 3. The summed E-state index contributed by atoms with van der Waals surface area (Å²) >= 11 is 1.75. The molecule has 22 heavy (non-hydrogen) atoms. The van der Waals surface area contributed by atoms with Gasteiger partial charge in [-0.3, -0.25) is 4.68 Å². The highest BCUT2D eigenvalue weighted by atomic mass is 32.2. The predicted octanol–water partition coefficient (Wildman–Crippen LogP) is 3.29. The largest absolute Gasteiger partial charge is 0.327 e. The van der Waals surface area contributed by atoms with E-state index in [-0.39, 0.29) is 6.03 Å². The highest BCUT2D eigenvalue weighted by molar-refractivity contribution is 7.99. The fourth-order valence-electron chi connectivity index (χ4n) is 1.97. The van der Waals surface area contributed by atoms with Gasteiger partial charge in [0, 0.05) is 37.5 Å². The van der Waals surface area contributed by atoms with E-state index in [0.29, 0.717) is 6.54 Å². The van der Waals surface area contributed by atoms with Gasteiger partial charge in [-0.25, -0.2) is 4.79 Å². The summed E-state index contributed by atoms with van der Waals surface area (Å²) in [6.07, 6.45) is 1.81. The van der Waals surface area contributed by atoms with Gasteiger partial charge in [0.2, 0.25) is 0 Å². The summed E-state index contributed by atoms with van der Waals surface area (Å²) in [5, 5.41) is 7.09. The van der Waals surface area contributed by atoms with Crippen molar-refractivity contribution >= 4 is 23.5 Å². The second kappa shape index (κ2) is 7.35. The number of aromatic nitrogens is 2. The number of aryl methyl sites for hydroxylation is 3. The van der Waals surface area contributed by atoms with Crippen LogP contribution in [0.3, 0.4) is 0 Å². The second-order valence-electron chi connectivity index (χ2n) is 5.32. The van der Waals surface area contributed by atoms with Gasteiger partial charge in [0.15, 0.2) is 0 Å². The summed E-state index contributed by atoms with van der Waals surface area (Å²) < 4.78 is 1.69. The Labute approximate surface area is 135 Å². The molecule has 5 nitrogen and oxygen atoms in total. The van der Waals surface area contributed by atoms with Crippen LogP contribution in [0.1, 0.15) is 11.3 Å². The third-order valence-corrected chi connectivity index (χ3v) is 4.31. The molecule has 0 aliphatic heterocycles. The maximum atomic E-state index is 12.1. The Morgan fingerprint density at radius 3 is 2.59 bits per heavy atom. The van der Waals surface area contributed by atoms with Crippen LogP contribution in [-0.2, 0) is 7.05 Å². The van der Waals surface area contributed by atoms with Crippen LogP contribution in [-0.4, -0.2) is 40.1 Å². The summed E-state index contributed by atoms with van der Waals surface area (Å²) in [5.41, 5.74) is 2.83. The molecule has 1 aromatic carbocycles. The number of urea groups is 1. The van der Waals surface area contributed by atoms with E-state index in [2.05, 4.69) is 41.6 Å². The first kappa shape index (κ1) is 16.4. The van der Waals surface area contributed by atoms with Gasteiger partial charge in [0.05, 0.1) is 11.4 Å². The first-order chi connectivity index (χ1) is 10.5. The maximum absolute atomic E-state index is 12.1. The Balaban J connectivity index is 1.79. The van der Waals surface area contributed by atoms with Gasteiger partial charge in [-0.2, -0.15) is 5.10 Å². The summed E-state index contributed by atoms with van der Waals surface area (Å²) in [5.74, 6) is 0.860. The van der Waals surface area contributed by atoms with E-state index in [1.54, 1.807) is 28.4 Å². The molecule has 0 radical (unpaired) electrons. The lowest BCUT2D eigenvalue weighted by atomic mass is 10.2. The predicted molar refractivity (Wildman–Crippen MR) is 91.5 cm³/mol. The fourth-order valence-corrected chi connectivity index (χ4v) is 2.90. The molecule has 0 saturated heterocycles. The van der Waals surface area contributed by atoms with Crippen LogP contribution in [0.15, 0.2) is 35.4 Å². The van der Waals surface area contributed by atoms with Gasteiger partial charge in [-0.05, 0) is 26.0 Å². The van der Waals surface area contributed by atoms with Crippen LogP contribution in [0.5, 0.6) is 0 Å². The number of anilines is 1. The molecule has 0 atom stereocenters. The molecule has 1 aromatic heterocycles. The summed E-state index contributed by atoms with van der Waals surface area (Å²) in [6.45, 7) is 4.64. The SMILES string of the molecule is Cc1ccc(SCCN(C)C(=O)Nc2cn(C)nc2C)cc1. The highest BCUT2D eigenvalue weighted by Crippen LogP contribution is 2.18. The molecule has 0 aliphatic carbocycles. The molecule has 118 valence electrons. The normalized spacial score (nSPS) is 10.5. The van der Waals surface area contributed by atoms with Crippen LogP contribution >= 0.6 is 11.8 Å². The van der Waals surface area contributed by atoms with Crippen molar-refractivity contribution in [1.29, 1.82) is 0 Å². The molecule has 0 aliphatic rings. The molecular formula is C16H22N4OS. The molecule has 0 bridgehead atoms. The number of amides is 2. The number of benzene rings is 1. The highest BCUT2D eigenvalue weighted by Gasteiger charge is 2.11. The van der Waals surface area contributed by atoms with Crippen molar-refractivity contribution in [3.8, 4) is 0 Å². The van der Waals surface area contributed by atoms with Crippen molar-refractivity contribution in [3.63, 3.8) is 0 Å². The van der Waals surface area contributed by atoms with Crippen molar-refractivity contribution in [2.45, 2.75) is 18.7 Å². The Morgan fingerprint density at radius 1 is 1.32 bits per heavy atom. The van der Waals surface area contributed by atoms with Gasteiger partial charge in [-0.1, -0.05) is 17.7 Å². The van der Waals surface area contributed by atoms with Crippen LogP contribution in [0, 0.1) is 13.8 Å². The van der Waals surface area contributed by atoms with Gasteiger partial charge >= 0.3 is 6.03 Å². The number of hydrogen-bond donors (Lipinski definition) is 1.